The zero-order valence-corrected chi connectivity index (χ0v) is 12.8. The van der Waals surface area contributed by atoms with E-state index < -0.39 is 0 Å². The number of halogens is 1. The van der Waals surface area contributed by atoms with Crippen LogP contribution in [0.2, 0.25) is 0 Å². The third-order valence-electron chi connectivity index (χ3n) is 3.52. The first-order valence-corrected chi connectivity index (χ1v) is 6.88. The molecule has 0 saturated carbocycles. The molecule has 0 aromatic heterocycles. The van der Waals surface area contributed by atoms with E-state index in [2.05, 4.69) is 5.32 Å². The molecule has 1 amide bonds. The number of carbonyl (C=O) groups excluding carboxylic acids is 1. The highest BCUT2D eigenvalue weighted by Gasteiger charge is 2.16. The zero-order valence-electron chi connectivity index (χ0n) is 12.0. The minimum atomic E-state index is -0.382. The molecule has 5 heteroatoms. The average Bonchev–Trinajstić information content (AvgIpc) is 2.88. The van der Waals surface area contributed by atoms with Crippen molar-refractivity contribution in [2.24, 2.45) is 5.73 Å². The molecule has 0 radical (unpaired) electrons. The van der Waals surface area contributed by atoms with Gasteiger partial charge in [-0.25, -0.2) is 0 Å². The molecular formula is C15H23ClN2O2. The van der Waals surface area contributed by atoms with Gasteiger partial charge in [0.05, 0.1) is 0 Å². The van der Waals surface area contributed by atoms with Gasteiger partial charge in [0.2, 0.25) is 5.91 Å². The van der Waals surface area contributed by atoms with Crippen LogP contribution in [0.4, 0.5) is 0 Å². The molecule has 1 aliphatic rings. The van der Waals surface area contributed by atoms with Gasteiger partial charge in [-0.1, -0.05) is 13.8 Å². The Labute approximate surface area is 126 Å². The summed E-state index contributed by atoms with van der Waals surface area (Å²) in [5.74, 6) is 0.672. The van der Waals surface area contributed by atoms with Crippen LogP contribution in [0.5, 0.6) is 5.75 Å². The second kappa shape index (κ2) is 7.50. The topological polar surface area (TPSA) is 64.3 Å². The highest BCUT2D eigenvalue weighted by atomic mass is 35.5. The Morgan fingerprint density at radius 1 is 1.50 bits per heavy atom. The van der Waals surface area contributed by atoms with Gasteiger partial charge in [-0.15, -0.1) is 12.4 Å². The summed E-state index contributed by atoms with van der Waals surface area (Å²) in [6.07, 6.45) is 2.38. The molecule has 1 aromatic rings. The molecule has 20 heavy (non-hydrogen) atoms. The quantitative estimate of drug-likeness (QED) is 0.877. The summed E-state index contributed by atoms with van der Waals surface area (Å²) >= 11 is 0. The lowest BCUT2D eigenvalue weighted by atomic mass is 9.96. The predicted octanol–water partition coefficient (Wildman–Crippen LogP) is 2.46. The van der Waals surface area contributed by atoms with Crippen LogP contribution in [0.25, 0.3) is 0 Å². The van der Waals surface area contributed by atoms with E-state index in [1.165, 1.54) is 6.42 Å². The van der Waals surface area contributed by atoms with E-state index in [-0.39, 0.29) is 24.2 Å². The first-order chi connectivity index (χ1) is 9.08. The van der Waals surface area contributed by atoms with Crippen molar-refractivity contribution < 1.29 is 9.53 Å². The van der Waals surface area contributed by atoms with E-state index in [1.807, 2.05) is 26.0 Å². The summed E-state index contributed by atoms with van der Waals surface area (Å²) in [6.45, 7) is 5.84. The predicted molar refractivity (Wildman–Crippen MR) is 82.8 cm³/mol. The fraction of sp³-hybridized carbons (Fsp3) is 0.533. The Morgan fingerprint density at radius 2 is 2.25 bits per heavy atom. The minimum Gasteiger partial charge on any atom is -0.492 e. The number of nitrogens with two attached hydrogens (primary N) is 1. The van der Waals surface area contributed by atoms with Gasteiger partial charge >= 0.3 is 0 Å². The van der Waals surface area contributed by atoms with Crippen molar-refractivity contribution in [1.29, 1.82) is 0 Å². The molecule has 1 unspecified atom stereocenters. The minimum absolute atomic E-state index is 0. The van der Waals surface area contributed by atoms with Crippen molar-refractivity contribution in [1.82, 2.24) is 5.32 Å². The van der Waals surface area contributed by atoms with Crippen LogP contribution >= 0.6 is 12.4 Å². The number of nitrogens with one attached hydrogen (secondary N) is 1. The number of amides is 1. The van der Waals surface area contributed by atoms with Crippen LogP contribution in [-0.4, -0.2) is 25.1 Å². The van der Waals surface area contributed by atoms with Crippen LogP contribution in [0.1, 0.15) is 48.5 Å². The Kier molecular flexibility index (Phi) is 6.30. The van der Waals surface area contributed by atoms with E-state index in [9.17, 15) is 4.79 Å². The zero-order chi connectivity index (χ0) is 13.8. The van der Waals surface area contributed by atoms with Crippen molar-refractivity contribution in [3.8, 4) is 5.75 Å². The van der Waals surface area contributed by atoms with Crippen LogP contribution in [0.15, 0.2) is 18.2 Å². The summed E-state index contributed by atoms with van der Waals surface area (Å²) in [7, 11) is 0. The second-order valence-electron chi connectivity index (χ2n) is 5.37. The maximum Gasteiger partial charge on any atom is 0.248 e. The smallest absolute Gasteiger partial charge is 0.248 e. The summed E-state index contributed by atoms with van der Waals surface area (Å²) in [6, 6.07) is 5.95. The standard InChI is InChI=1S/C15H22N2O2.ClH/c1-10(2)14-8-12(5-6-13(14)15(16)18)19-9-11-4-3-7-17-11;/h5-6,8,10-11,17H,3-4,7,9H2,1-2H3,(H2,16,18);1H. The van der Waals surface area contributed by atoms with Gasteiger partial charge in [-0.05, 0) is 49.1 Å². The highest BCUT2D eigenvalue weighted by Crippen LogP contribution is 2.25. The number of hydrogen-bond donors (Lipinski definition) is 2. The van der Waals surface area contributed by atoms with Crippen LogP contribution < -0.4 is 15.8 Å². The molecule has 1 fully saturated rings. The molecule has 4 nitrogen and oxygen atoms in total. The largest absolute Gasteiger partial charge is 0.492 e. The normalized spacial score (nSPS) is 17.9. The molecule has 0 aliphatic carbocycles. The number of primary amides is 1. The summed E-state index contributed by atoms with van der Waals surface area (Å²) in [4.78, 5) is 11.4. The van der Waals surface area contributed by atoms with Gasteiger partial charge in [0, 0.05) is 11.6 Å². The van der Waals surface area contributed by atoms with Gasteiger partial charge in [-0.3, -0.25) is 4.79 Å². The fourth-order valence-electron chi connectivity index (χ4n) is 2.43. The third kappa shape index (κ3) is 4.12. The second-order valence-corrected chi connectivity index (χ2v) is 5.37. The van der Waals surface area contributed by atoms with Crippen molar-refractivity contribution in [3.63, 3.8) is 0 Å². The van der Waals surface area contributed by atoms with E-state index >= 15 is 0 Å². The van der Waals surface area contributed by atoms with Crippen LogP contribution in [0.3, 0.4) is 0 Å². The van der Waals surface area contributed by atoms with Crippen LogP contribution in [0, 0.1) is 0 Å². The molecule has 1 heterocycles. The van der Waals surface area contributed by atoms with Gasteiger partial charge in [0.1, 0.15) is 12.4 Å². The first kappa shape index (κ1) is 16.8. The van der Waals surface area contributed by atoms with Crippen molar-refractivity contribution in [2.75, 3.05) is 13.2 Å². The lowest BCUT2D eigenvalue weighted by Crippen LogP contribution is -2.28. The molecule has 112 valence electrons. The Balaban J connectivity index is 0.00000200. The monoisotopic (exact) mass is 298 g/mol. The summed E-state index contributed by atoms with van der Waals surface area (Å²) in [5.41, 5.74) is 6.92. The molecule has 2 rings (SSSR count). The molecule has 0 bridgehead atoms. The molecule has 3 N–H and O–H groups in total. The highest BCUT2D eigenvalue weighted by molar-refractivity contribution is 5.94. The lowest BCUT2D eigenvalue weighted by molar-refractivity contribution is 0.0999. The van der Waals surface area contributed by atoms with Crippen LogP contribution in [-0.2, 0) is 0 Å². The first-order valence-electron chi connectivity index (χ1n) is 6.88. The van der Waals surface area contributed by atoms with Gasteiger partial charge in [0.25, 0.3) is 0 Å². The Hall–Kier alpha value is -1.26. The third-order valence-corrected chi connectivity index (χ3v) is 3.52. The average molecular weight is 299 g/mol. The maximum absolute atomic E-state index is 11.4. The molecule has 1 aromatic carbocycles. The maximum atomic E-state index is 11.4. The SMILES string of the molecule is CC(C)c1cc(OCC2CCCN2)ccc1C(N)=O.Cl. The summed E-state index contributed by atoms with van der Waals surface area (Å²) < 4.78 is 5.80. The molecule has 1 aliphatic heterocycles. The van der Waals surface area contributed by atoms with Gasteiger partial charge < -0.3 is 15.8 Å². The van der Waals surface area contributed by atoms with Crippen molar-refractivity contribution in [2.45, 2.75) is 38.6 Å². The van der Waals surface area contributed by atoms with E-state index in [4.69, 9.17) is 10.5 Å². The molecule has 1 saturated heterocycles. The molecular weight excluding hydrogens is 276 g/mol. The van der Waals surface area contributed by atoms with Gasteiger partial charge in [0.15, 0.2) is 0 Å². The number of ether oxygens (including phenoxy) is 1. The number of rotatable bonds is 5. The Morgan fingerprint density at radius 3 is 2.80 bits per heavy atom. The van der Waals surface area contributed by atoms with Crippen molar-refractivity contribution in [3.05, 3.63) is 29.3 Å². The lowest BCUT2D eigenvalue weighted by Gasteiger charge is -2.15. The van der Waals surface area contributed by atoms with E-state index in [0.717, 1.165) is 24.3 Å². The van der Waals surface area contributed by atoms with Crippen molar-refractivity contribution >= 4 is 18.3 Å². The fourth-order valence-corrected chi connectivity index (χ4v) is 2.43. The van der Waals surface area contributed by atoms with E-state index in [0.29, 0.717) is 18.2 Å². The number of hydrogen-bond acceptors (Lipinski definition) is 3. The summed E-state index contributed by atoms with van der Waals surface area (Å²) in [5, 5.41) is 3.39. The molecule has 1 atom stereocenters. The van der Waals surface area contributed by atoms with Gasteiger partial charge in [-0.2, -0.15) is 0 Å². The number of carbonyl (C=O) groups is 1. The van der Waals surface area contributed by atoms with E-state index in [1.54, 1.807) is 6.07 Å². The Bertz CT molecular complexity index is 457. The number of benzene rings is 1. The molecule has 0 spiro atoms.